The standard InChI is InChI=1S/C19H24N2O3/c1-21(2)16(18-8-5-9-24-18)12-20-19(23)15-10-13-6-3-4-7-14(13)11-17(15)22/h5,8-11,16,22H,3-4,6-7,12H2,1-2H3,(H,20,23)/t16-/m0/s1. The number of aromatic hydroxyl groups is 1. The molecule has 1 aliphatic rings. The number of nitrogens with zero attached hydrogens (tertiary/aromatic N) is 1. The molecule has 2 N–H and O–H groups in total. The van der Waals surface area contributed by atoms with Gasteiger partial charge in [0.05, 0.1) is 17.9 Å². The van der Waals surface area contributed by atoms with Crippen LogP contribution < -0.4 is 5.32 Å². The third-order valence-corrected chi connectivity index (χ3v) is 4.66. The van der Waals surface area contributed by atoms with Crippen molar-refractivity contribution in [3.05, 3.63) is 53.0 Å². The van der Waals surface area contributed by atoms with Crippen molar-refractivity contribution in [2.24, 2.45) is 0 Å². The van der Waals surface area contributed by atoms with Gasteiger partial charge in [-0.3, -0.25) is 9.69 Å². The SMILES string of the molecule is CN(C)[C@@H](CNC(=O)c1cc2c(cc1O)CCCC2)c1ccco1. The zero-order chi connectivity index (χ0) is 17.1. The lowest BCUT2D eigenvalue weighted by molar-refractivity contribution is 0.0936. The van der Waals surface area contributed by atoms with Crippen LogP contribution in [0, 0.1) is 0 Å². The third-order valence-electron chi connectivity index (χ3n) is 4.66. The molecule has 0 bridgehead atoms. The molecular formula is C19H24N2O3. The lowest BCUT2D eigenvalue weighted by Gasteiger charge is -2.23. The molecular weight excluding hydrogens is 304 g/mol. The first-order valence-electron chi connectivity index (χ1n) is 8.39. The Hall–Kier alpha value is -2.27. The largest absolute Gasteiger partial charge is 0.507 e. The Bertz CT molecular complexity index is 708. The van der Waals surface area contributed by atoms with Gasteiger partial charge in [-0.25, -0.2) is 0 Å². The van der Waals surface area contributed by atoms with E-state index in [4.69, 9.17) is 4.42 Å². The fourth-order valence-corrected chi connectivity index (χ4v) is 3.26. The van der Waals surface area contributed by atoms with Crippen LogP contribution in [0.3, 0.4) is 0 Å². The van der Waals surface area contributed by atoms with Crippen LogP contribution in [0.25, 0.3) is 0 Å². The highest BCUT2D eigenvalue weighted by Crippen LogP contribution is 2.28. The van der Waals surface area contributed by atoms with Crippen LogP contribution in [-0.4, -0.2) is 36.6 Å². The van der Waals surface area contributed by atoms with Crippen molar-refractivity contribution in [3.8, 4) is 5.75 Å². The number of amides is 1. The summed E-state index contributed by atoms with van der Waals surface area (Å²) in [5, 5.41) is 13.1. The molecule has 1 atom stereocenters. The smallest absolute Gasteiger partial charge is 0.255 e. The number of carbonyl (C=O) groups is 1. The molecule has 1 aromatic carbocycles. The Balaban J connectivity index is 1.73. The highest BCUT2D eigenvalue weighted by Gasteiger charge is 2.21. The summed E-state index contributed by atoms with van der Waals surface area (Å²) in [7, 11) is 3.88. The van der Waals surface area contributed by atoms with Crippen LogP contribution in [0.15, 0.2) is 34.9 Å². The Kier molecular flexibility index (Phi) is 4.90. The third kappa shape index (κ3) is 3.46. The molecule has 0 aliphatic heterocycles. The van der Waals surface area contributed by atoms with Crippen LogP contribution in [0.5, 0.6) is 5.75 Å². The molecule has 0 saturated heterocycles. The number of hydrogen-bond donors (Lipinski definition) is 2. The Morgan fingerprint density at radius 3 is 2.62 bits per heavy atom. The molecule has 1 aliphatic carbocycles. The molecule has 24 heavy (non-hydrogen) atoms. The molecule has 1 amide bonds. The number of furan rings is 1. The van der Waals surface area contributed by atoms with Crippen LogP contribution >= 0.6 is 0 Å². The molecule has 5 nitrogen and oxygen atoms in total. The van der Waals surface area contributed by atoms with Gasteiger partial charge in [-0.2, -0.15) is 0 Å². The lowest BCUT2D eigenvalue weighted by Crippen LogP contribution is -2.34. The molecule has 2 aromatic rings. The summed E-state index contributed by atoms with van der Waals surface area (Å²) < 4.78 is 5.45. The Morgan fingerprint density at radius 1 is 1.29 bits per heavy atom. The highest BCUT2D eigenvalue weighted by atomic mass is 16.3. The Labute approximate surface area is 142 Å². The zero-order valence-electron chi connectivity index (χ0n) is 14.2. The van der Waals surface area contributed by atoms with Crippen molar-refractivity contribution in [2.45, 2.75) is 31.7 Å². The van der Waals surface area contributed by atoms with E-state index in [0.29, 0.717) is 12.1 Å². The summed E-state index contributed by atoms with van der Waals surface area (Å²) in [5.41, 5.74) is 2.70. The molecule has 128 valence electrons. The summed E-state index contributed by atoms with van der Waals surface area (Å²) in [6, 6.07) is 7.27. The number of hydrogen-bond acceptors (Lipinski definition) is 4. The number of nitrogens with one attached hydrogen (secondary N) is 1. The lowest BCUT2D eigenvalue weighted by atomic mass is 9.90. The topological polar surface area (TPSA) is 65.7 Å². The maximum absolute atomic E-state index is 12.5. The number of aryl methyl sites for hydroxylation is 2. The van der Waals surface area contributed by atoms with Gasteiger partial charge in [-0.15, -0.1) is 0 Å². The van der Waals surface area contributed by atoms with Gasteiger partial charge in [0.2, 0.25) is 0 Å². The Morgan fingerprint density at radius 2 is 2.00 bits per heavy atom. The minimum Gasteiger partial charge on any atom is -0.507 e. The molecule has 1 aromatic heterocycles. The average Bonchev–Trinajstić information content (AvgIpc) is 3.08. The van der Waals surface area contributed by atoms with E-state index in [1.807, 2.05) is 37.2 Å². The summed E-state index contributed by atoms with van der Waals surface area (Å²) in [5.74, 6) is 0.613. The van der Waals surface area contributed by atoms with E-state index in [9.17, 15) is 9.90 Å². The van der Waals surface area contributed by atoms with Gasteiger partial charge in [-0.05, 0) is 75.2 Å². The van der Waals surface area contributed by atoms with E-state index in [0.717, 1.165) is 37.0 Å². The minimum absolute atomic E-state index is 0.0521. The van der Waals surface area contributed by atoms with Gasteiger partial charge in [0.15, 0.2) is 0 Å². The number of phenols is 1. The van der Waals surface area contributed by atoms with E-state index in [1.165, 1.54) is 5.56 Å². The minimum atomic E-state index is -0.251. The second-order valence-corrected chi connectivity index (χ2v) is 6.55. The number of fused-ring (bicyclic) bond motifs is 1. The van der Waals surface area contributed by atoms with Crippen molar-refractivity contribution >= 4 is 5.91 Å². The van der Waals surface area contributed by atoms with Crippen LogP contribution in [0.2, 0.25) is 0 Å². The normalized spacial score (nSPS) is 15.1. The van der Waals surface area contributed by atoms with Crippen molar-refractivity contribution < 1.29 is 14.3 Å². The van der Waals surface area contributed by atoms with Gasteiger partial charge in [0.25, 0.3) is 5.91 Å². The van der Waals surface area contributed by atoms with E-state index >= 15 is 0 Å². The molecule has 0 saturated carbocycles. The molecule has 0 spiro atoms. The fraction of sp³-hybridized carbons (Fsp3) is 0.421. The van der Waals surface area contributed by atoms with Gasteiger partial charge < -0.3 is 14.8 Å². The summed E-state index contributed by atoms with van der Waals surface area (Å²) in [4.78, 5) is 14.5. The predicted octanol–water partition coefficient (Wildman–Crippen LogP) is 2.90. The highest BCUT2D eigenvalue weighted by molar-refractivity contribution is 5.97. The van der Waals surface area contributed by atoms with Crippen LogP contribution in [-0.2, 0) is 12.8 Å². The van der Waals surface area contributed by atoms with E-state index in [1.54, 1.807) is 12.3 Å². The number of rotatable bonds is 5. The molecule has 0 fully saturated rings. The van der Waals surface area contributed by atoms with Gasteiger partial charge in [-0.1, -0.05) is 0 Å². The van der Waals surface area contributed by atoms with Crippen molar-refractivity contribution in [2.75, 3.05) is 20.6 Å². The first-order chi connectivity index (χ1) is 11.6. The van der Waals surface area contributed by atoms with E-state index < -0.39 is 0 Å². The second kappa shape index (κ2) is 7.09. The summed E-state index contributed by atoms with van der Waals surface area (Å²) in [6.07, 6.45) is 5.86. The fourth-order valence-electron chi connectivity index (χ4n) is 3.26. The molecule has 1 heterocycles. The molecule has 3 rings (SSSR count). The first-order valence-corrected chi connectivity index (χ1v) is 8.39. The number of likely N-dealkylation sites (N-methyl/N-ethyl adjacent to an activating group) is 1. The van der Waals surface area contributed by atoms with E-state index in [2.05, 4.69) is 5.32 Å². The molecule has 0 unspecified atom stereocenters. The van der Waals surface area contributed by atoms with Gasteiger partial charge in [0, 0.05) is 6.54 Å². The van der Waals surface area contributed by atoms with Crippen molar-refractivity contribution in [1.82, 2.24) is 10.2 Å². The quantitative estimate of drug-likeness (QED) is 0.886. The van der Waals surface area contributed by atoms with Crippen molar-refractivity contribution in [1.29, 1.82) is 0 Å². The number of phenolic OH excluding ortho intramolecular Hbond substituents is 1. The van der Waals surface area contributed by atoms with Crippen molar-refractivity contribution in [3.63, 3.8) is 0 Å². The number of benzene rings is 1. The van der Waals surface area contributed by atoms with Gasteiger partial charge in [0.1, 0.15) is 11.5 Å². The summed E-state index contributed by atoms with van der Waals surface area (Å²) in [6.45, 7) is 0.413. The van der Waals surface area contributed by atoms with Gasteiger partial charge >= 0.3 is 0 Å². The average molecular weight is 328 g/mol. The van der Waals surface area contributed by atoms with E-state index in [-0.39, 0.29) is 17.7 Å². The van der Waals surface area contributed by atoms with Crippen LogP contribution in [0.4, 0.5) is 0 Å². The monoisotopic (exact) mass is 328 g/mol. The maximum atomic E-state index is 12.5. The van der Waals surface area contributed by atoms with Crippen LogP contribution in [0.1, 0.15) is 46.1 Å². The first kappa shape index (κ1) is 16.6. The predicted molar refractivity (Wildman–Crippen MR) is 92.2 cm³/mol. The molecule has 5 heteroatoms. The maximum Gasteiger partial charge on any atom is 0.255 e. The molecule has 0 radical (unpaired) electrons. The summed E-state index contributed by atoms with van der Waals surface area (Å²) >= 11 is 0. The zero-order valence-corrected chi connectivity index (χ0v) is 14.2. The second-order valence-electron chi connectivity index (χ2n) is 6.55. The number of carbonyl (C=O) groups excluding carboxylic acids is 1.